The first kappa shape index (κ1) is 10.4. The minimum Gasteiger partial charge on any atom is -0.378 e. The zero-order valence-electron chi connectivity index (χ0n) is 8.54. The monoisotopic (exact) mass is 229 g/mol. The van der Waals surface area contributed by atoms with E-state index in [0.717, 1.165) is 6.07 Å². The minimum atomic E-state index is -3.37. The van der Waals surface area contributed by atoms with E-state index in [2.05, 4.69) is 5.32 Å². The van der Waals surface area contributed by atoms with Gasteiger partial charge >= 0.3 is 0 Å². The van der Waals surface area contributed by atoms with Crippen LogP contribution in [0.2, 0.25) is 0 Å². The lowest BCUT2D eigenvalue weighted by molar-refractivity contribution is 0.552. The van der Waals surface area contributed by atoms with E-state index in [1.54, 1.807) is 13.8 Å². The molecule has 15 heavy (non-hydrogen) atoms. The quantitative estimate of drug-likeness (QED) is 0.738. The third kappa shape index (κ3) is 1.84. The Hall–Kier alpha value is -1.10. The zero-order valence-corrected chi connectivity index (χ0v) is 9.36. The van der Waals surface area contributed by atoms with E-state index in [9.17, 15) is 12.8 Å². The fourth-order valence-corrected chi connectivity index (χ4v) is 3.73. The van der Waals surface area contributed by atoms with E-state index >= 15 is 0 Å². The van der Waals surface area contributed by atoms with Crippen molar-refractivity contribution in [1.29, 1.82) is 0 Å². The van der Waals surface area contributed by atoms with Gasteiger partial charge in [-0.15, -0.1) is 0 Å². The number of hydrogen-bond acceptors (Lipinski definition) is 3. The molecular weight excluding hydrogens is 217 g/mol. The molecule has 1 N–H and O–H groups in total. The Bertz CT molecular complexity index is 508. The third-order valence-electron chi connectivity index (χ3n) is 2.30. The number of anilines is 1. The Kier molecular flexibility index (Phi) is 2.05. The third-order valence-corrected chi connectivity index (χ3v) is 4.41. The second kappa shape index (κ2) is 2.95. The summed E-state index contributed by atoms with van der Waals surface area (Å²) in [6.45, 7) is 3.60. The standard InChI is InChI=1S/C10H12FNO2S/c1-10(2)6-15(13,14)9-5-7(11)3-4-8(9)12-10/h3-5,12H,6H2,1-2H3. The van der Waals surface area contributed by atoms with Gasteiger partial charge in [0.05, 0.1) is 16.3 Å². The molecule has 1 aliphatic heterocycles. The molecule has 0 bridgehead atoms. The van der Waals surface area contributed by atoms with E-state index in [4.69, 9.17) is 0 Å². The predicted molar refractivity (Wildman–Crippen MR) is 56.2 cm³/mol. The Morgan fingerprint density at radius 3 is 2.73 bits per heavy atom. The summed E-state index contributed by atoms with van der Waals surface area (Å²) in [5.41, 5.74) is -0.0309. The number of rotatable bonds is 0. The molecular formula is C10H12FNO2S. The van der Waals surface area contributed by atoms with Crippen LogP contribution in [-0.2, 0) is 9.84 Å². The predicted octanol–water partition coefficient (Wildman–Crippen LogP) is 1.80. The maximum Gasteiger partial charge on any atom is 0.182 e. The van der Waals surface area contributed by atoms with Crippen LogP contribution in [0.1, 0.15) is 13.8 Å². The van der Waals surface area contributed by atoms with Gasteiger partial charge < -0.3 is 5.32 Å². The summed E-state index contributed by atoms with van der Waals surface area (Å²) >= 11 is 0. The molecule has 0 aromatic heterocycles. The highest BCUT2D eigenvalue weighted by atomic mass is 32.2. The molecule has 82 valence electrons. The molecule has 1 heterocycles. The second-order valence-electron chi connectivity index (χ2n) is 4.41. The van der Waals surface area contributed by atoms with Crippen molar-refractivity contribution in [2.75, 3.05) is 11.1 Å². The van der Waals surface area contributed by atoms with Crippen LogP contribution in [0.5, 0.6) is 0 Å². The Morgan fingerprint density at radius 2 is 2.07 bits per heavy atom. The molecule has 5 heteroatoms. The maximum atomic E-state index is 12.9. The maximum absolute atomic E-state index is 12.9. The molecule has 3 nitrogen and oxygen atoms in total. The first-order valence-corrected chi connectivity index (χ1v) is 6.26. The summed E-state index contributed by atoms with van der Waals surface area (Å²) in [4.78, 5) is 0.0572. The minimum absolute atomic E-state index is 0.0174. The van der Waals surface area contributed by atoms with E-state index in [1.807, 2.05) is 0 Å². The van der Waals surface area contributed by atoms with Crippen molar-refractivity contribution in [2.45, 2.75) is 24.3 Å². The van der Waals surface area contributed by atoms with Crippen molar-refractivity contribution in [3.05, 3.63) is 24.0 Å². The summed E-state index contributed by atoms with van der Waals surface area (Å²) in [6, 6.07) is 3.78. The summed E-state index contributed by atoms with van der Waals surface area (Å²) < 4.78 is 36.6. The number of benzene rings is 1. The van der Waals surface area contributed by atoms with Gasteiger partial charge in [0.15, 0.2) is 9.84 Å². The van der Waals surface area contributed by atoms with Gasteiger partial charge in [-0.25, -0.2) is 12.8 Å². The Labute approximate surface area is 88.2 Å². The SMILES string of the molecule is CC1(C)CS(=O)(=O)c2cc(F)ccc2N1. The van der Waals surface area contributed by atoms with Crippen molar-refractivity contribution in [3.8, 4) is 0 Å². The Morgan fingerprint density at radius 1 is 1.40 bits per heavy atom. The van der Waals surface area contributed by atoms with Gasteiger partial charge in [0.1, 0.15) is 5.82 Å². The molecule has 0 saturated heterocycles. The largest absolute Gasteiger partial charge is 0.378 e. The summed E-state index contributed by atoms with van der Waals surface area (Å²) in [5.74, 6) is -0.546. The lowest BCUT2D eigenvalue weighted by Crippen LogP contribution is -2.42. The van der Waals surface area contributed by atoms with E-state index < -0.39 is 21.2 Å². The van der Waals surface area contributed by atoms with Crippen LogP contribution in [0.15, 0.2) is 23.1 Å². The highest BCUT2D eigenvalue weighted by Gasteiger charge is 2.35. The average Bonchev–Trinajstić information content (AvgIpc) is 2.03. The molecule has 0 unspecified atom stereocenters. The molecule has 1 aliphatic rings. The average molecular weight is 229 g/mol. The lowest BCUT2D eigenvalue weighted by Gasteiger charge is -2.33. The van der Waals surface area contributed by atoms with Crippen molar-refractivity contribution in [3.63, 3.8) is 0 Å². The lowest BCUT2D eigenvalue weighted by atomic mass is 10.1. The van der Waals surface area contributed by atoms with Crippen molar-refractivity contribution >= 4 is 15.5 Å². The summed E-state index contributed by atoms with van der Waals surface area (Å²) in [5, 5.41) is 3.07. The number of sulfone groups is 1. The van der Waals surface area contributed by atoms with Crippen molar-refractivity contribution < 1.29 is 12.8 Å². The summed E-state index contributed by atoms with van der Waals surface area (Å²) in [7, 11) is -3.37. The Balaban J connectivity index is 2.66. The molecule has 1 aromatic rings. The number of halogens is 1. The molecule has 2 rings (SSSR count). The molecule has 0 fully saturated rings. The molecule has 0 spiro atoms. The molecule has 0 amide bonds. The van der Waals surface area contributed by atoms with Crippen LogP contribution in [0, 0.1) is 5.82 Å². The van der Waals surface area contributed by atoms with Gasteiger partial charge in [-0.1, -0.05) is 0 Å². The van der Waals surface area contributed by atoms with Gasteiger partial charge in [-0.3, -0.25) is 0 Å². The highest BCUT2D eigenvalue weighted by Crippen LogP contribution is 2.32. The molecule has 1 aromatic carbocycles. The van der Waals surface area contributed by atoms with Gasteiger partial charge in [0, 0.05) is 5.54 Å². The van der Waals surface area contributed by atoms with Gasteiger partial charge in [-0.05, 0) is 32.0 Å². The smallest absolute Gasteiger partial charge is 0.182 e. The normalized spacial score (nSPS) is 21.5. The van der Waals surface area contributed by atoms with Crippen LogP contribution >= 0.6 is 0 Å². The van der Waals surface area contributed by atoms with Crippen LogP contribution in [0.25, 0.3) is 0 Å². The van der Waals surface area contributed by atoms with Gasteiger partial charge in [0.2, 0.25) is 0 Å². The van der Waals surface area contributed by atoms with Crippen LogP contribution < -0.4 is 5.32 Å². The van der Waals surface area contributed by atoms with Crippen molar-refractivity contribution in [2.24, 2.45) is 0 Å². The molecule has 0 atom stereocenters. The van der Waals surface area contributed by atoms with Gasteiger partial charge in [-0.2, -0.15) is 0 Å². The van der Waals surface area contributed by atoms with Crippen molar-refractivity contribution in [1.82, 2.24) is 0 Å². The molecule has 0 saturated carbocycles. The van der Waals surface area contributed by atoms with E-state index in [-0.39, 0.29) is 10.6 Å². The zero-order chi connectivity index (χ0) is 11.3. The van der Waals surface area contributed by atoms with Crippen LogP contribution in [0.4, 0.5) is 10.1 Å². The fourth-order valence-electron chi connectivity index (χ4n) is 1.81. The number of hydrogen-bond donors (Lipinski definition) is 1. The van der Waals surface area contributed by atoms with E-state index in [0.29, 0.717) is 5.69 Å². The molecule has 0 aliphatic carbocycles. The number of fused-ring (bicyclic) bond motifs is 1. The second-order valence-corrected chi connectivity index (χ2v) is 6.37. The first-order chi connectivity index (χ1) is 6.80. The van der Waals surface area contributed by atoms with Gasteiger partial charge in [0.25, 0.3) is 0 Å². The molecule has 0 radical (unpaired) electrons. The topological polar surface area (TPSA) is 46.2 Å². The number of nitrogens with one attached hydrogen (secondary N) is 1. The van der Waals surface area contributed by atoms with Crippen LogP contribution in [-0.4, -0.2) is 19.7 Å². The highest BCUT2D eigenvalue weighted by molar-refractivity contribution is 7.91. The van der Waals surface area contributed by atoms with E-state index in [1.165, 1.54) is 12.1 Å². The fraction of sp³-hybridized carbons (Fsp3) is 0.400. The summed E-state index contributed by atoms with van der Waals surface area (Å²) in [6.07, 6.45) is 0. The van der Waals surface area contributed by atoms with Crippen LogP contribution in [0.3, 0.4) is 0 Å². The first-order valence-electron chi connectivity index (χ1n) is 4.61.